The van der Waals surface area contributed by atoms with Crippen molar-refractivity contribution in [1.82, 2.24) is 0 Å². The molecule has 2 unspecified atom stereocenters. The second kappa shape index (κ2) is 7.30. The van der Waals surface area contributed by atoms with Gasteiger partial charge in [-0.1, -0.05) is 37.6 Å². The van der Waals surface area contributed by atoms with Gasteiger partial charge in [-0.15, -0.1) is 0 Å². The molecule has 0 bridgehead atoms. The zero-order valence-corrected chi connectivity index (χ0v) is 13.2. The lowest BCUT2D eigenvalue weighted by Gasteiger charge is -2.38. The Bertz CT molecular complexity index is 438. The van der Waals surface area contributed by atoms with E-state index < -0.39 is 0 Å². The molecule has 0 saturated carbocycles. The van der Waals surface area contributed by atoms with E-state index in [4.69, 9.17) is 22.1 Å². The number of nitrogens with zero attached hydrogens (tertiary/aromatic N) is 1. The van der Waals surface area contributed by atoms with E-state index in [1.165, 1.54) is 5.56 Å². The van der Waals surface area contributed by atoms with E-state index in [0.29, 0.717) is 6.04 Å². The number of nitrogens with two attached hydrogens (primary N) is 1. The van der Waals surface area contributed by atoms with Crippen LogP contribution >= 0.6 is 11.6 Å². The monoisotopic (exact) mass is 296 g/mol. The highest BCUT2D eigenvalue weighted by Crippen LogP contribution is 2.33. The maximum atomic E-state index is 6.49. The van der Waals surface area contributed by atoms with Gasteiger partial charge >= 0.3 is 0 Å². The van der Waals surface area contributed by atoms with Gasteiger partial charge in [0.25, 0.3) is 0 Å². The van der Waals surface area contributed by atoms with Crippen LogP contribution in [0.25, 0.3) is 0 Å². The van der Waals surface area contributed by atoms with Gasteiger partial charge in [-0.3, -0.25) is 0 Å². The van der Waals surface area contributed by atoms with Crippen molar-refractivity contribution in [2.24, 2.45) is 5.73 Å². The Morgan fingerprint density at radius 2 is 2.25 bits per heavy atom. The normalized spacial score (nSPS) is 21.0. The predicted molar refractivity (Wildman–Crippen MR) is 85.7 cm³/mol. The standard InChI is InChI=1S/C16H25ClN2O/c1-3-13(18)10-12-6-5-7-15(17)16(12)19-8-9-20-11-14(19)4-2/h5-7,13-14H,3-4,8-11,18H2,1-2H3. The largest absolute Gasteiger partial charge is 0.377 e. The molecule has 20 heavy (non-hydrogen) atoms. The third-order valence-electron chi connectivity index (χ3n) is 4.06. The summed E-state index contributed by atoms with van der Waals surface area (Å²) in [5.74, 6) is 0. The molecule has 4 heteroatoms. The van der Waals surface area contributed by atoms with Crippen LogP contribution < -0.4 is 10.6 Å². The molecule has 112 valence electrons. The van der Waals surface area contributed by atoms with Gasteiger partial charge < -0.3 is 15.4 Å². The number of morpholine rings is 1. The third kappa shape index (κ3) is 3.46. The van der Waals surface area contributed by atoms with E-state index in [1.807, 2.05) is 12.1 Å². The molecule has 1 aromatic rings. The Hall–Kier alpha value is -0.770. The van der Waals surface area contributed by atoms with E-state index >= 15 is 0 Å². The molecule has 3 nitrogen and oxygen atoms in total. The zero-order chi connectivity index (χ0) is 14.5. The summed E-state index contributed by atoms with van der Waals surface area (Å²) in [5.41, 5.74) is 8.55. The highest BCUT2D eigenvalue weighted by atomic mass is 35.5. The van der Waals surface area contributed by atoms with Crippen molar-refractivity contribution in [2.75, 3.05) is 24.7 Å². The van der Waals surface area contributed by atoms with Gasteiger partial charge in [0, 0.05) is 12.6 Å². The van der Waals surface area contributed by atoms with E-state index in [0.717, 1.165) is 49.7 Å². The van der Waals surface area contributed by atoms with Gasteiger partial charge in [-0.2, -0.15) is 0 Å². The lowest BCUT2D eigenvalue weighted by Crippen LogP contribution is -2.46. The maximum Gasteiger partial charge on any atom is 0.0670 e. The fourth-order valence-corrected chi connectivity index (χ4v) is 3.06. The number of para-hydroxylation sites is 1. The number of halogens is 1. The van der Waals surface area contributed by atoms with Crippen LogP contribution in [0.3, 0.4) is 0 Å². The summed E-state index contributed by atoms with van der Waals surface area (Å²) in [5, 5.41) is 0.825. The van der Waals surface area contributed by atoms with Crippen LogP contribution in [0.2, 0.25) is 5.02 Å². The molecule has 1 saturated heterocycles. The molecule has 1 aliphatic rings. The van der Waals surface area contributed by atoms with Crippen LogP contribution in [0.1, 0.15) is 32.3 Å². The highest BCUT2D eigenvalue weighted by molar-refractivity contribution is 6.33. The number of hydrogen-bond donors (Lipinski definition) is 1. The first-order chi connectivity index (χ1) is 9.67. The molecule has 2 rings (SSSR count). The van der Waals surface area contributed by atoms with Gasteiger partial charge in [0.05, 0.1) is 30.0 Å². The molecule has 1 fully saturated rings. The highest BCUT2D eigenvalue weighted by Gasteiger charge is 2.25. The summed E-state index contributed by atoms with van der Waals surface area (Å²) < 4.78 is 5.60. The van der Waals surface area contributed by atoms with E-state index in [1.54, 1.807) is 0 Å². The molecular formula is C16H25ClN2O. The van der Waals surface area contributed by atoms with E-state index in [9.17, 15) is 0 Å². The average Bonchev–Trinajstić information content (AvgIpc) is 2.47. The smallest absolute Gasteiger partial charge is 0.0670 e. The van der Waals surface area contributed by atoms with E-state index in [-0.39, 0.29) is 6.04 Å². The van der Waals surface area contributed by atoms with Gasteiger partial charge in [0.15, 0.2) is 0 Å². The molecule has 1 aromatic carbocycles. The fourth-order valence-electron chi connectivity index (χ4n) is 2.76. The Labute approximate surface area is 127 Å². The first-order valence-electron chi connectivity index (χ1n) is 7.54. The minimum Gasteiger partial charge on any atom is -0.377 e. The first kappa shape index (κ1) is 15.6. The molecule has 2 N–H and O–H groups in total. The van der Waals surface area contributed by atoms with Crippen LogP contribution in [-0.2, 0) is 11.2 Å². The molecule has 1 heterocycles. The van der Waals surface area contributed by atoms with Crippen LogP contribution in [0.15, 0.2) is 18.2 Å². The molecule has 0 spiro atoms. The van der Waals surface area contributed by atoms with E-state index in [2.05, 4.69) is 24.8 Å². The second-order valence-corrected chi connectivity index (χ2v) is 5.86. The van der Waals surface area contributed by atoms with Gasteiger partial charge in [-0.05, 0) is 30.9 Å². The van der Waals surface area contributed by atoms with Crippen LogP contribution in [0, 0.1) is 0 Å². The summed E-state index contributed by atoms with van der Waals surface area (Å²) >= 11 is 6.49. The molecular weight excluding hydrogens is 272 g/mol. The Kier molecular flexibility index (Phi) is 5.70. The summed E-state index contributed by atoms with van der Waals surface area (Å²) in [6.07, 6.45) is 2.91. The lowest BCUT2D eigenvalue weighted by molar-refractivity contribution is 0.0929. The van der Waals surface area contributed by atoms with Crippen LogP contribution in [0.4, 0.5) is 5.69 Å². The van der Waals surface area contributed by atoms with Crippen molar-refractivity contribution < 1.29 is 4.74 Å². The van der Waals surface area contributed by atoms with Gasteiger partial charge in [0.1, 0.15) is 0 Å². The SMILES string of the molecule is CCC(N)Cc1cccc(Cl)c1N1CCOCC1CC. The fraction of sp³-hybridized carbons (Fsp3) is 0.625. The summed E-state index contributed by atoms with van der Waals surface area (Å²) in [6.45, 7) is 6.76. The molecule has 0 aromatic heterocycles. The minimum atomic E-state index is 0.188. The Morgan fingerprint density at radius 1 is 1.45 bits per heavy atom. The second-order valence-electron chi connectivity index (χ2n) is 5.45. The van der Waals surface area contributed by atoms with Crippen LogP contribution in [-0.4, -0.2) is 31.8 Å². The van der Waals surface area contributed by atoms with Crippen molar-refractivity contribution >= 4 is 17.3 Å². The predicted octanol–water partition coefficient (Wildman–Crippen LogP) is 3.24. The van der Waals surface area contributed by atoms with Crippen molar-refractivity contribution in [3.8, 4) is 0 Å². The minimum absolute atomic E-state index is 0.188. The average molecular weight is 297 g/mol. The zero-order valence-electron chi connectivity index (χ0n) is 12.4. The quantitative estimate of drug-likeness (QED) is 0.906. The molecule has 0 radical (unpaired) electrons. The number of anilines is 1. The summed E-state index contributed by atoms with van der Waals surface area (Å²) in [4.78, 5) is 2.41. The van der Waals surface area contributed by atoms with Crippen molar-refractivity contribution in [3.63, 3.8) is 0 Å². The van der Waals surface area contributed by atoms with Crippen LogP contribution in [0.5, 0.6) is 0 Å². The third-order valence-corrected chi connectivity index (χ3v) is 4.37. The Morgan fingerprint density at radius 3 is 2.95 bits per heavy atom. The van der Waals surface area contributed by atoms with Crippen molar-refractivity contribution in [2.45, 2.75) is 45.2 Å². The van der Waals surface area contributed by atoms with Gasteiger partial charge in [0.2, 0.25) is 0 Å². The maximum absolute atomic E-state index is 6.49. The first-order valence-corrected chi connectivity index (χ1v) is 7.92. The number of hydrogen-bond acceptors (Lipinski definition) is 3. The molecule has 0 aliphatic carbocycles. The molecule has 0 amide bonds. The lowest BCUT2D eigenvalue weighted by atomic mass is 10.0. The molecule has 2 atom stereocenters. The number of ether oxygens (including phenoxy) is 1. The topological polar surface area (TPSA) is 38.5 Å². The summed E-state index contributed by atoms with van der Waals surface area (Å²) in [7, 11) is 0. The summed E-state index contributed by atoms with van der Waals surface area (Å²) in [6, 6.07) is 6.73. The van der Waals surface area contributed by atoms with Crippen molar-refractivity contribution in [1.29, 1.82) is 0 Å². The number of rotatable bonds is 5. The molecule has 1 aliphatic heterocycles. The number of benzene rings is 1. The van der Waals surface area contributed by atoms with Crippen molar-refractivity contribution in [3.05, 3.63) is 28.8 Å². The van der Waals surface area contributed by atoms with Gasteiger partial charge in [-0.25, -0.2) is 0 Å². The Balaban J connectivity index is 2.32.